The average Bonchev–Trinajstić information content (AvgIpc) is 2.15. The summed E-state index contributed by atoms with van der Waals surface area (Å²) in [7, 11) is 0. The Kier molecular flexibility index (Phi) is 4.44. The van der Waals surface area contributed by atoms with E-state index in [0.717, 1.165) is 11.5 Å². The number of rotatable bonds is 5. The Balaban J connectivity index is 2.43. The van der Waals surface area contributed by atoms with E-state index in [1.54, 1.807) is 0 Å². The Bertz CT molecular complexity index is 271. The lowest BCUT2D eigenvalue weighted by Crippen LogP contribution is -2.15. The number of pyridine rings is 1. The van der Waals surface area contributed by atoms with E-state index >= 15 is 0 Å². The van der Waals surface area contributed by atoms with Gasteiger partial charge in [-0.05, 0) is 32.4 Å². The Labute approximate surface area is 86.8 Å². The molecule has 1 atom stereocenters. The van der Waals surface area contributed by atoms with Crippen LogP contribution in [0.4, 0.5) is 5.82 Å². The van der Waals surface area contributed by atoms with Crippen molar-refractivity contribution in [3.63, 3.8) is 0 Å². The molecule has 2 heteroatoms. The van der Waals surface area contributed by atoms with Crippen molar-refractivity contribution in [1.82, 2.24) is 4.98 Å². The Hall–Kier alpha value is -1.05. The predicted octanol–water partition coefficient (Wildman–Crippen LogP) is 3.38. The highest BCUT2D eigenvalue weighted by atomic mass is 15.0. The van der Waals surface area contributed by atoms with E-state index in [-0.39, 0.29) is 0 Å². The van der Waals surface area contributed by atoms with Gasteiger partial charge >= 0.3 is 0 Å². The SMILES string of the molecule is CCCCC(C)Nc1cccc(C)n1. The van der Waals surface area contributed by atoms with Gasteiger partial charge in [-0.2, -0.15) is 0 Å². The molecule has 0 spiro atoms. The second-order valence-electron chi connectivity index (χ2n) is 3.85. The van der Waals surface area contributed by atoms with E-state index in [0.29, 0.717) is 6.04 Å². The molecule has 1 heterocycles. The van der Waals surface area contributed by atoms with Crippen LogP contribution < -0.4 is 5.32 Å². The molecule has 0 radical (unpaired) electrons. The monoisotopic (exact) mass is 192 g/mol. The van der Waals surface area contributed by atoms with Crippen LogP contribution in [0.25, 0.3) is 0 Å². The number of anilines is 1. The van der Waals surface area contributed by atoms with Crippen LogP contribution in [0.3, 0.4) is 0 Å². The molecular weight excluding hydrogens is 172 g/mol. The third-order valence-electron chi connectivity index (χ3n) is 2.27. The number of unbranched alkanes of at least 4 members (excludes halogenated alkanes) is 1. The second kappa shape index (κ2) is 5.63. The van der Waals surface area contributed by atoms with E-state index < -0.39 is 0 Å². The van der Waals surface area contributed by atoms with Crippen LogP contribution in [0.2, 0.25) is 0 Å². The molecule has 0 aliphatic rings. The maximum atomic E-state index is 4.41. The van der Waals surface area contributed by atoms with Crippen LogP contribution in [-0.4, -0.2) is 11.0 Å². The second-order valence-corrected chi connectivity index (χ2v) is 3.85. The minimum atomic E-state index is 0.518. The molecule has 2 nitrogen and oxygen atoms in total. The van der Waals surface area contributed by atoms with E-state index in [1.165, 1.54) is 19.3 Å². The van der Waals surface area contributed by atoms with Gasteiger partial charge in [-0.1, -0.05) is 25.8 Å². The molecule has 14 heavy (non-hydrogen) atoms. The van der Waals surface area contributed by atoms with Crippen molar-refractivity contribution in [3.8, 4) is 0 Å². The minimum Gasteiger partial charge on any atom is -0.368 e. The average molecular weight is 192 g/mol. The molecule has 0 saturated heterocycles. The van der Waals surface area contributed by atoms with Crippen LogP contribution in [0.15, 0.2) is 18.2 Å². The van der Waals surface area contributed by atoms with Crippen molar-refractivity contribution < 1.29 is 0 Å². The zero-order valence-corrected chi connectivity index (χ0v) is 9.38. The molecule has 0 fully saturated rings. The van der Waals surface area contributed by atoms with Crippen molar-refractivity contribution >= 4 is 5.82 Å². The molecule has 0 saturated carbocycles. The van der Waals surface area contributed by atoms with Crippen LogP contribution in [0, 0.1) is 6.92 Å². The molecule has 0 aliphatic carbocycles. The summed E-state index contributed by atoms with van der Waals surface area (Å²) in [4.78, 5) is 4.41. The quantitative estimate of drug-likeness (QED) is 0.773. The normalized spacial score (nSPS) is 12.5. The largest absolute Gasteiger partial charge is 0.368 e. The van der Waals surface area contributed by atoms with Crippen molar-refractivity contribution in [2.24, 2.45) is 0 Å². The molecular formula is C12H20N2. The van der Waals surface area contributed by atoms with E-state index in [2.05, 4.69) is 24.1 Å². The lowest BCUT2D eigenvalue weighted by Gasteiger charge is -2.13. The number of aryl methyl sites for hydroxylation is 1. The number of aromatic nitrogens is 1. The van der Waals surface area contributed by atoms with Crippen LogP contribution in [-0.2, 0) is 0 Å². The standard InChI is InChI=1S/C12H20N2/c1-4-5-7-10(2)13-12-9-6-8-11(3)14-12/h6,8-10H,4-5,7H2,1-3H3,(H,13,14). The summed E-state index contributed by atoms with van der Waals surface area (Å²) in [5.74, 6) is 0.994. The van der Waals surface area contributed by atoms with Crippen molar-refractivity contribution in [2.45, 2.75) is 46.1 Å². The number of nitrogens with zero attached hydrogens (tertiary/aromatic N) is 1. The van der Waals surface area contributed by atoms with Gasteiger partial charge in [0, 0.05) is 11.7 Å². The van der Waals surface area contributed by atoms with E-state index in [9.17, 15) is 0 Å². The molecule has 1 N–H and O–H groups in total. The first-order valence-electron chi connectivity index (χ1n) is 5.42. The van der Waals surface area contributed by atoms with Gasteiger partial charge in [0.15, 0.2) is 0 Å². The zero-order valence-electron chi connectivity index (χ0n) is 9.38. The summed E-state index contributed by atoms with van der Waals surface area (Å²) >= 11 is 0. The van der Waals surface area contributed by atoms with E-state index in [4.69, 9.17) is 0 Å². The van der Waals surface area contributed by atoms with Gasteiger partial charge < -0.3 is 5.32 Å². The molecule has 0 aromatic carbocycles. The van der Waals surface area contributed by atoms with Gasteiger partial charge in [0.05, 0.1) is 0 Å². The Morgan fingerprint density at radius 2 is 2.21 bits per heavy atom. The number of hydrogen-bond donors (Lipinski definition) is 1. The van der Waals surface area contributed by atoms with Crippen LogP contribution in [0.5, 0.6) is 0 Å². The molecule has 1 aromatic heterocycles. The van der Waals surface area contributed by atoms with Gasteiger partial charge in [-0.15, -0.1) is 0 Å². The highest BCUT2D eigenvalue weighted by molar-refractivity contribution is 5.35. The van der Waals surface area contributed by atoms with Crippen molar-refractivity contribution in [1.29, 1.82) is 0 Å². The fraction of sp³-hybridized carbons (Fsp3) is 0.583. The third-order valence-corrected chi connectivity index (χ3v) is 2.27. The summed E-state index contributed by atoms with van der Waals surface area (Å²) in [6, 6.07) is 6.60. The molecule has 1 aromatic rings. The smallest absolute Gasteiger partial charge is 0.126 e. The lowest BCUT2D eigenvalue weighted by atomic mass is 10.1. The molecule has 0 aliphatic heterocycles. The zero-order chi connectivity index (χ0) is 10.4. The molecule has 0 bridgehead atoms. The fourth-order valence-electron chi connectivity index (χ4n) is 1.46. The van der Waals surface area contributed by atoms with Gasteiger partial charge in [-0.25, -0.2) is 4.98 Å². The van der Waals surface area contributed by atoms with Gasteiger partial charge in [0.2, 0.25) is 0 Å². The first kappa shape index (κ1) is 11.0. The third kappa shape index (κ3) is 3.77. The van der Waals surface area contributed by atoms with Crippen LogP contribution >= 0.6 is 0 Å². The van der Waals surface area contributed by atoms with E-state index in [1.807, 2.05) is 25.1 Å². The first-order chi connectivity index (χ1) is 6.72. The highest BCUT2D eigenvalue weighted by Crippen LogP contribution is 2.09. The summed E-state index contributed by atoms with van der Waals surface area (Å²) in [5.41, 5.74) is 1.07. The molecule has 78 valence electrons. The Morgan fingerprint density at radius 3 is 2.86 bits per heavy atom. The van der Waals surface area contributed by atoms with Gasteiger partial charge in [-0.3, -0.25) is 0 Å². The summed E-state index contributed by atoms with van der Waals surface area (Å²) < 4.78 is 0. The number of hydrogen-bond acceptors (Lipinski definition) is 2. The fourth-order valence-corrected chi connectivity index (χ4v) is 1.46. The summed E-state index contributed by atoms with van der Waals surface area (Å²) in [6.07, 6.45) is 3.75. The molecule has 1 rings (SSSR count). The Morgan fingerprint density at radius 1 is 1.43 bits per heavy atom. The maximum Gasteiger partial charge on any atom is 0.126 e. The van der Waals surface area contributed by atoms with Crippen molar-refractivity contribution in [3.05, 3.63) is 23.9 Å². The predicted molar refractivity (Wildman–Crippen MR) is 61.6 cm³/mol. The minimum absolute atomic E-state index is 0.518. The highest BCUT2D eigenvalue weighted by Gasteiger charge is 2.01. The van der Waals surface area contributed by atoms with Crippen LogP contribution in [0.1, 0.15) is 38.8 Å². The molecule has 0 amide bonds. The number of nitrogens with one attached hydrogen (secondary N) is 1. The van der Waals surface area contributed by atoms with Crippen molar-refractivity contribution in [2.75, 3.05) is 5.32 Å². The molecule has 1 unspecified atom stereocenters. The maximum absolute atomic E-state index is 4.41. The first-order valence-corrected chi connectivity index (χ1v) is 5.42. The lowest BCUT2D eigenvalue weighted by molar-refractivity contribution is 0.643. The van der Waals surface area contributed by atoms with Gasteiger partial charge in [0.1, 0.15) is 5.82 Å². The van der Waals surface area contributed by atoms with Gasteiger partial charge in [0.25, 0.3) is 0 Å². The topological polar surface area (TPSA) is 24.9 Å². The summed E-state index contributed by atoms with van der Waals surface area (Å²) in [5, 5.41) is 3.41. The summed E-state index contributed by atoms with van der Waals surface area (Å²) in [6.45, 7) is 6.44.